The quantitative estimate of drug-likeness (QED) is 0.0564. The number of amides is 3. The molecule has 234 valence electrons. The molecule has 1 heterocycles. The number of ether oxygens (including phenoxy) is 1. The van der Waals surface area contributed by atoms with E-state index in [4.69, 9.17) is 14.5 Å². The lowest BCUT2D eigenvalue weighted by atomic mass is 9.95. The van der Waals surface area contributed by atoms with Crippen LogP contribution in [0.25, 0.3) is 0 Å². The molecular weight excluding hydrogens is 586 g/mol. The van der Waals surface area contributed by atoms with Crippen molar-refractivity contribution >= 4 is 37.2 Å². The molecule has 0 saturated heterocycles. The van der Waals surface area contributed by atoms with Gasteiger partial charge >= 0.3 is 13.8 Å². The zero-order chi connectivity index (χ0) is 31.6. The third-order valence-corrected chi connectivity index (χ3v) is 7.04. The molecule has 3 rings (SSSR count). The SMILES string of the molecule is CNc1ccc2c(c1)OC(=O)C(C(=O)NCCNC(=O)CCCCCNC(=O)C(F)c1cc(C)ccc1OP(=O)(O)O)C2. The molecule has 2 atom stereocenters. The third kappa shape index (κ3) is 10.3. The number of fused-ring (bicyclic) bond motifs is 1. The van der Waals surface area contributed by atoms with Gasteiger partial charge in [0.1, 0.15) is 17.4 Å². The molecule has 0 aromatic heterocycles. The Morgan fingerprint density at radius 1 is 1.05 bits per heavy atom. The van der Waals surface area contributed by atoms with Crippen molar-refractivity contribution in [1.82, 2.24) is 16.0 Å². The van der Waals surface area contributed by atoms with Gasteiger partial charge in [0.2, 0.25) is 18.0 Å². The van der Waals surface area contributed by atoms with E-state index < -0.39 is 43.4 Å². The van der Waals surface area contributed by atoms with Crippen LogP contribution in [-0.4, -0.2) is 60.2 Å². The second-order valence-electron chi connectivity index (χ2n) is 9.98. The van der Waals surface area contributed by atoms with E-state index in [9.17, 15) is 28.1 Å². The molecule has 1 aliphatic heterocycles. The van der Waals surface area contributed by atoms with Crippen molar-refractivity contribution in [3.8, 4) is 11.5 Å². The van der Waals surface area contributed by atoms with Gasteiger partial charge in [0.25, 0.3) is 5.91 Å². The molecule has 6 N–H and O–H groups in total. The number of hydrogen-bond acceptors (Lipinski definition) is 8. The summed E-state index contributed by atoms with van der Waals surface area (Å²) in [5.74, 6) is -3.28. The summed E-state index contributed by atoms with van der Waals surface area (Å²) >= 11 is 0. The number of phosphoric acid groups is 1. The van der Waals surface area contributed by atoms with Crippen LogP contribution in [0.1, 0.15) is 48.5 Å². The van der Waals surface area contributed by atoms with Crippen molar-refractivity contribution in [3.05, 3.63) is 53.1 Å². The molecule has 43 heavy (non-hydrogen) atoms. The lowest BCUT2D eigenvalue weighted by molar-refractivity contribution is -0.146. The first-order chi connectivity index (χ1) is 20.4. The van der Waals surface area contributed by atoms with Gasteiger partial charge in [-0.15, -0.1) is 0 Å². The number of alkyl halides is 1. The van der Waals surface area contributed by atoms with Crippen molar-refractivity contribution in [2.75, 3.05) is 32.0 Å². The predicted octanol–water partition coefficient (Wildman–Crippen LogP) is 2.21. The number of hydrogen-bond donors (Lipinski definition) is 6. The highest BCUT2D eigenvalue weighted by molar-refractivity contribution is 7.46. The van der Waals surface area contributed by atoms with Crippen molar-refractivity contribution in [3.63, 3.8) is 0 Å². The predicted molar refractivity (Wildman–Crippen MR) is 154 cm³/mol. The topological polar surface area (TPSA) is 192 Å². The maximum Gasteiger partial charge on any atom is 0.524 e. The number of carbonyl (C=O) groups is 4. The van der Waals surface area contributed by atoms with Crippen LogP contribution < -0.4 is 30.5 Å². The maximum atomic E-state index is 14.8. The smallest absolute Gasteiger partial charge is 0.426 e. The van der Waals surface area contributed by atoms with Gasteiger partial charge in [0.15, 0.2) is 0 Å². The molecule has 3 amide bonds. The van der Waals surface area contributed by atoms with Crippen LogP contribution in [-0.2, 0) is 30.2 Å². The second-order valence-corrected chi connectivity index (χ2v) is 11.1. The molecule has 13 nitrogen and oxygen atoms in total. The molecule has 2 aromatic carbocycles. The summed E-state index contributed by atoms with van der Waals surface area (Å²) in [6, 6.07) is 9.27. The summed E-state index contributed by atoms with van der Waals surface area (Å²) in [7, 11) is -3.20. The summed E-state index contributed by atoms with van der Waals surface area (Å²) in [6.45, 7) is 2.08. The number of carbonyl (C=O) groups excluding carboxylic acids is 4. The number of anilines is 1. The lowest BCUT2D eigenvalue weighted by Crippen LogP contribution is -2.43. The molecule has 0 fully saturated rings. The Kier molecular flexibility index (Phi) is 12.0. The fraction of sp³-hybridized carbons (Fsp3) is 0.429. The summed E-state index contributed by atoms with van der Waals surface area (Å²) < 4.78 is 35.8. The molecule has 2 unspecified atom stereocenters. The van der Waals surface area contributed by atoms with E-state index in [1.54, 1.807) is 26.1 Å². The van der Waals surface area contributed by atoms with Gasteiger partial charge in [-0.3, -0.25) is 29.0 Å². The van der Waals surface area contributed by atoms with Gasteiger partial charge in [-0.05, 0) is 49.9 Å². The highest BCUT2D eigenvalue weighted by Gasteiger charge is 2.34. The third-order valence-electron chi connectivity index (χ3n) is 6.60. The number of phosphoric ester groups is 1. The minimum atomic E-state index is -4.94. The number of nitrogens with one attached hydrogen (secondary N) is 4. The van der Waals surface area contributed by atoms with Gasteiger partial charge in [-0.25, -0.2) is 8.96 Å². The minimum Gasteiger partial charge on any atom is -0.426 e. The normalized spacial score (nSPS) is 15.0. The number of benzene rings is 2. The molecule has 1 aliphatic rings. The van der Waals surface area contributed by atoms with Crippen LogP contribution in [0.4, 0.5) is 10.1 Å². The zero-order valence-corrected chi connectivity index (χ0v) is 24.7. The summed E-state index contributed by atoms with van der Waals surface area (Å²) in [4.78, 5) is 67.2. The average Bonchev–Trinajstić information content (AvgIpc) is 2.95. The van der Waals surface area contributed by atoms with Crippen LogP contribution in [0.2, 0.25) is 0 Å². The van der Waals surface area contributed by atoms with Gasteiger partial charge in [-0.1, -0.05) is 24.1 Å². The summed E-state index contributed by atoms with van der Waals surface area (Å²) in [5.41, 5.74) is 1.83. The Hall–Kier alpha value is -4.00. The van der Waals surface area contributed by atoms with Crippen LogP contribution in [0.15, 0.2) is 36.4 Å². The van der Waals surface area contributed by atoms with Crippen molar-refractivity contribution in [2.24, 2.45) is 5.92 Å². The summed E-state index contributed by atoms with van der Waals surface area (Å²) in [5, 5.41) is 10.7. The number of aryl methyl sites for hydroxylation is 1. The summed E-state index contributed by atoms with van der Waals surface area (Å²) in [6.07, 6.45) is -0.217. The first-order valence-corrected chi connectivity index (χ1v) is 15.2. The Morgan fingerprint density at radius 3 is 2.51 bits per heavy atom. The minimum absolute atomic E-state index is 0.137. The van der Waals surface area contributed by atoms with E-state index in [-0.39, 0.29) is 43.9 Å². The van der Waals surface area contributed by atoms with Crippen molar-refractivity contribution < 1.29 is 47.2 Å². The molecule has 0 spiro atoms. The second kappa shape index (κ2) is 15.5. The highest BCUT2D eigenvalue weighted by atomic mass is 31.2. The Morgan fingerprint density at radius 2 is 1.79 bits per heavy atom. The standard InChI is InChI=1S/C28H36FN4O9P/c1-17-7-10-22(42-43(38,39)40)20(14-17)25(29)27(36)32-11-5-3-4-6-24(34)31-12-13-33-26(35)21-15-18-8-9-19(30-2)16-23(18)41-28(21)37/h7-10,14,16,21,25,30H,3-6,11-13,15H2,1-2H3,(H,31,34)(H,32,36)(H,33,35)(H2,38,39,40). The maximum absolute atomic E-state index is 14.8. The monoisotopic (exact) mass is 622 g/mol. The first-order valence-electron chi connectivity index (χ1n) is 13.7. The molecular formula is C28H36FN4O9P. The van der Waals surface area contributed by atoms with E-state index in [0.29, 0.717) is 30.6 Å². The van der Waals surface area contributed by atoms with Crippen LogP contribution in [0.3, 0.4) is 0 Å². The zero-order valence-electron chi connectivity index (χ0n) is 23.9. The van der Waals surface area contributed by atoms with E-state index >= 15 is 0 Å². The van der Waals surface area contributed by atoms with E-state index in [1.165, 1.54) is 18.2 Å². The first kappa shape index (κ1) is 33.5. The van der Waals surface area contributed by atoms with E-state index in [1.807, 2.05) is 6.07 Å². The Labute approximate surface area is 248 Å². The molecule has 2 aromatic rings. The number of esters is 1. The Balaban J connectivity index is 1.29. The molecule has 0 aliphatic carbocycles. The van der Waals surface area contributed by atoms with Gasteiger partial charge in [0, 0.05) is 50.4 Å². The van der Waals surface area contributed by atoms with Crippen molar-refractivity contribution in [1.29, 1.82) is 0 Å². The number of unbranched alkanes of at least 4 members (excludes halogenated alkanes) is 2. The molecule has 15 heteroatoms. The molecule has 0 saturated carbocycles. The van der Waals surface area contributed by atoms with Gasteiger partial charge < -0.3 is 30.5 Å². The highest BCUT2D eigenvalue weighted by Crippen LogP contribution is 2.41. The van der Waals surface area contributed by atoms with E-state index in [0.717, 1.165) is 11.3 Å². The fourth-order valence-electron chi connectivity index (χ4n) is 4.36. The average molecular weight is 623 g/mol. The van der Waals surface area contributed by atoms with Gasteiger partial charge in [0.05, 0.1) is 0 Å². The molecule has 0 bridgehead atoms. The fourth-order valence-corrected chi connectivity index (χ4v) is 4.78. The van der Waals surface area contributed by atoms with Crippen LogP contribution in [0, 0.1) is 12.8 Å². The largest absolute Gasteiger partial charge is 0.524 e. The van der Waals surface area contributed by atoms with Crippen molar-refractivity contribution in [2.45, 2.75) is 45.2 Å². The Bertz CT molecular complexity index is 1380. The molecule has 0 radical (unpaired) electrons. The lowest BCUT2D eigenvalue weighted by Gasteiger charge is -2.23. The van der Waals surface area contributed by atoms with E-state index in [2.05, 4.69) is 25.8 Å². The number of halogens is 1. The van der Waals surface area contributed by atoms with Crippen LogP contribution >= 0.6 is 7.82 Å². The van der Waals surface area contributed by atoms with Gasteiger partial charge in [-0.2, -0.15) is 0 Å². The number of rotatable bonds is 15. The van der Waals surface area contributed by atoms with Crippen LogP contribution in [0.5, 0.6) is 11.5 Å².